The molecular formula is C28H26F4N8O2. The van der Waals surface area contributed by atoms with Gasteiger partial charge in [-0.25, -0.2) is 29.3 Å². The molecule has 0 radical (unpaired) electrons. The molecule has 3 aromatic heterocycles. The summed E-state index contributed by atoms with van der Waals surface area (Å²) in [5, 5.41) is 0. The van der Waals surface area contributed by atoms with Crippen LogP contribution < -0.4 is 14.5 Å². The zero-order valence-electron chi connectivity index (χ0n) is 23.0. The van der Waals surface area contributed by atoms with Gasteiger partial charge in [-0.3, -0.25) is 4.79 Å². The molecule has 1 aliphatic carbocycles. The number of nitrogens with zero attached hydrogens (tertiary/aromatic N) is 8. The Balaban J connectivity index is 1.36. The maximum Gasteiger partial charge on any atom is 0.434 e. The molecule has 14 heteroatoms. The molecule has 1 amide bonds. The number of benzene rings is 1. The molecular weight excluding hydrogens is 556 g/mol. The van der Waals surface area contributed by atoms with Gasteiger partial charge in [0.25, 0.3) is 0 Å². The highest BCUT2D eigenvalue weighted by molar-refractivity contribution is 6.02. The lowest BCUT2D eigenvalue weighted by Gasteiger charge is -2.34. The van der Waals surface area contributed by atoms with Crippen molar-refractivity contribution >= 4 is 17.4 Å². The zero-order chi connectivity index (χ0) is 29.8. The third kappa shape index (κ3) is 4.90. The molecule has 1 saturated carbocycles. The highest BCUT2D eigenvalue weighted by Crippen LogP contribution is 2.45. The second kappa shape index (κ2) is 10.3. The second-order valence-electron chi connectivity index (χ2n) is 10.2. The molecule has 0 saturated heterocycles. The Morgan fingerprint density at radius 3 is 2.57 bits per heavy atom. The van der Waals surface area contributed by atoms with E-state index in [4.69, 9.17) is 9.72 Å². The number of alkyl halides is 3. The number of halogens is 4. The molecule has 6 rings (SSSR count). The summed E-state index contributed by atoms with van der Waals surface area (Å²) in [6.07, 6.45) is 1.19. The van der Waals surface area contributed by atoms with Crippen molar-refractivity contribution < 1.29 is 27.1 Å². The summed E-state index contributed by atoms with van der Waals surface area (Å²) in [5.41, 5.74) is 1.20. The van der Waals surface area contributed by atoms with Crippen molar-refractivity contribution in [3.05, 3.63) is 59.7 Å². The van der Waals surface area contributed by atoms with Gasteiger partial charge in [0.05, 0.1) is 31.1 Å². The summed E-state index contributed by atoms with van der Waals surface area (Å²) in [5.74, 6) is 0.344. The summed E-state index contributed by atoms with van der Waals surface area (Å²) in [6, 6.07) is 4.24. The lowest BCUT2D eigenvalue weighted by Crippen LogP contribution is -2.44. The molecule has 2 aliphatic rings. The number of carbonyl (C=O) groups is 1. The Morgan fingerprint density at radius 1 is 1.12 bits per heavy atom. The highest BCUT2D eigenvalue weighted by Gasteiger charge is 2.36. The summed E-state index contributed by atoms with van der Waals surface area (Å²) in [4.78, 5) is 37.7. The van der Waals surface area contributed by atoms with E-state index in [0.717, 1.165) is 24.7 Å². The molecule has 0 spiro atoms. The van der Waals surface area contributed by atoms with Gasteiger partial charge < -0.3 is 19.1 Å². The van der Waals surface area contributed by atoms with Gasteiger partial charge >= 0.3 is 6.18 Å². The Kier molecular flexibility index (Phi) is 6.78. The average Bonchev–Trinajstić information content (AvgIpc) is 3.72. The van der Waals surface area contributed by atoms with Crippen molar-refractivity contribution in [2.45, 2.75) is 44.9 Å². The van der Waals surface area contributed by atoms with Crippen molar-refractivity contribution in [1.29, 1.82) is 0 Å². The predicted octanol–water partition coefficient (Wildman–Crippen LogP) is 4.84. The minimum Gasteiger partial charge on any atom is -0.480 e. The predicted molar refractivity (Wildman–Crippen MR) is 144 cm³/mol. The van der Waals surface area contributed by atoms with Crippen LogP contribution in [0.2, 0.25) is 0 Å². The van der Waals surface area contributed by atoms with E-state index in [9.17, 15) is 18.0 Å². The number of ether oxygens (including phenoxy) is 1. The second-order valence-corrected chi connectivity index (χ2v) is 10.2. The minimum absolute atomic E-state index is 0.0313. The first-order valence-corrected chi connectivity index (χ1v) is 13.3. The minimum atomic E-state index is -4.65. The van der Waals surface area contributed by atoms with Crippen molar-refractivity contribution in [2.75, 3.05) is 30.5 Å². The molecule has 1 aliphatic heterocycles. The Hall–Kier alpha value is -4.62. The van der Waals surface area contributed by atoms with Crippen LogP contribution in [0, 0.1) is 5.82 Å². The smallest absolute Gasteiger partial charge is 0.434 e. The lowest BCUT2D eigenvalue weighted by molar-refractivity contribution is -0.140. The number of aromatic nitrogens is 6. The summed E-state index contributed by atoms with van der Waals surface area (Å²) in [6.45, 7) is 1.91. The number of rotatable bonds is 7. The van der Waals surface area contributed by atoms with E-state index in [2.05, 4.69) is 19.9 Å². The summed E-state index contributed by atoms with van der Waals surface area (Å²) < 4.78 is 61.9. The van der Waals surface area contributed by atoms with E-state index in [0.29, 0.717) is 34.3 Å². The Labute approximate surface area is 238 Å². The number of aryl methyl sites for hydroxylation is 1. The fraction of sp³-hybridized carbons (Fsp3) is 0.357. The van der Waals surface area contributed by atoms with Crippen molar-refractivity contribution in [3.63, 3.8) is 0 Å². The number of methoxy groups -OCH3 is 1. The van der Waals surface area contributed by atoms with Gasteiger partial charge in [-0.15, -0.1) is 0 Å². The van der Waals surface area contributed by atoms with Crippen LogP contribution in [-0.4, -0.2) is 56.1 Å². The normalized spacial score (nSPS) is 15.3. The number of hydrogen-bond acceptors (Lipinski definition) is 8. The van der Waals surface area contributed by atoms with Gasteiger partial charge in [-0.05, 0) is 37.5 Å². The number of imidazole rings is 1. The van der Waals surface area contributed by atoms with Crippen LogP contribution in [-0.2, 0) is 24.1 Å². The molecule has 4 aromatic rings. The molecule has 0 atom stereocenters. The maximum atomic E-state index is 15.4. The molecule has 0 unspecified atom stereocenters. The number of anilines is 2. The standard InChI is InChI=1S/C28H26F4N8O2/c1-4-39-12-20(28(30,31)32)36-25(39)17-8-5-15(9-18(17)29)11-40-13-21(41)38(2)19-10-33-24(37-26(19)40)22-23(16-6-7-16)34-14-35-27(22)42-3/h5,8-10,12,14,16H,4,6-7,11,13H2,1-3H3. The average molecular weight is 583 g/mol. The van der Waals surface area contributed by atoms with Gasteiger partial charge in [-0.1, -0.05) is 6.07 Å². The fourth-order valence-corrected chi connectivity index (χ4v) is 5.05. The molecule has 0 bridgehead atoms. The van der Waals surface area contributed by atoms with Crippen LogP contribution in [0.4, 0.5) is 29.1 Å². The molecule has 42 heavy (non-hydrogen) atoms. The van der Waals surface area contributed by atoms with Crippen molar-refractivity contribution in [1.82, 2.24) is 29.5 Å². The molecule has 218 valence electrons. The first kappa shape index (κ1) is 27.5. The number of carbonyl (C=O) groups excluding carboxylic acids is 1. The van der Waals surface area contributed by atoms with E-state index in [-0.39, 0.29) is 42.8 Å². The highest BCUT2D eigenvalue weighted by atomic mass is 19.4. The van der Waals surface area contributed by atoms with Crippen LogP contribution in [0.3, 0.4) is 0 Å². The van der Waals surface area contributed by atoms with E-state index in [1.807, 2.05) is 0 Å². The van der Waals surface area contributed by atoms with Crippen LogP contribution >= 0.6 is 0 Å². The summed E-state index contributed by atoms with van der Waals surface area (Å²) in [7, 11) is 3.14. The number of fused-ring (bicyclic) bond motifs is 1. The van der Waals surface area contributed by atoms with Crippen LogP contribution in [0.1, 0.15) is 42.6 Å². The largest absolute Gasteiger partial charge is 0.480 e. The molecule has 1 aromatic carbocycles. The van der Waals surface area contributed by atoms with Gasteiger partial charge in [0.1, 0.15) is 29.2 Å². The Morgan fingerprint density at radius 2 is 1.90 bits per heavy atom. The van der Waals surface area contributed by atoms with Gasteiger partial charge in [0.15, 0.2) is 17.3 Å². The van der Waals surface area contributed by atoms with E-state index in [1.54, 1.807) is 31.1 Å². The van der Waals surface area contributed by atoms with E-state index < -0.39 is 17.7 Å². The number of amides is 1. The molecule has 4 heterocycles. The first-order chi connectivity index (χ1) is 20.1. The number of likely N-dealkylation sites (N-methyl/N-ethyl adjacent to an activating group) is 1. The maximum absolute atomic E-state index is 15.4. The number of hydrogen-bond donors (Lipinski definition) is 0. The quantitative estimate of drug-likeness (QED) is 0.285. The van der Waals surface area contributed by atoms with Crippen LogP contribution in [0.15, 0.2) is 36.9 Å². The van der Waals surface area contributed by atoms with Crippen LogP contribution in [0.25, 0.3) is 22.8 Å². The zero-order valence-corrected chi connectivity index (χ0v) is 23.0. The fourth-order valence-electron chi connectivity index (χ4n) is 5.05. The Bertz CT molecular complexity index is 1690. The van der Waals surface area contributed by atoms with E-state index >= 15 is 4.39 Å². The third-order valence-corrected chi connectivity index (χ3v) is 7.39. The third-order valence-electron chi connectivity index (χ3n) is 7.39. The van der Waals surface area contributed by atoms with Gasteiger partial charge in [0, 0.05) is 32.3 Å². The lowest BCUT2D eigenvalue weighted by atomic mass is 10.1. The first-order valence-electron chi connectivity index (χ1n) is 13.3. The molecule has 10 nitrogen and oxygen atoms in total. The van der Waals surface area contributed by atoms with Crippen molar-refractivity contribution in [2.24, 2.45) is 0 Å². The van der Waals surface area contributed by atoms with E-state index in [1.165, 1.54) is 35.0 Å². The molecule has 0 N–H and O–H groups in total. The summed E-state index contributed by atoms with van der Waals surface area (Å²) >= 11 is 0. The van der Waals surface area contributed by atoms with Gasteiger partial charge in [-0.2, -0.15) is 13.2 Å². The monoisotopic (exact) mass is 582 g/mol. The van der Waals surface area contributed by atoms with Gasteiger partial charge in [0.2, 0.25) is 11.8 Å². The van der Waals surface area contributed by atoms with Crippen LogP contribution in [0.5, 0.6) is 5.88 Å². The molecule has 1 fully saturated rings. The topological polar surface area (TPSA) is 102 Å². The SMILES string of the molecule is CCn1cc(C(F)(F)F)nc1-c1ccc(CN2CC(=O)N(C)c3cnc(-c4c(OC)ncnc4C4CC4)nc32)cc1F. The van der Waals surface area contributed by atoms with Crippen molar-refractivity contribution in [3.8, 4) is 28.7 Å².